The quantitative estimate of drug-likeness (QED) is 0.172. The summed E-state index contributed by atoms with van der Waals surface area (Å²) in [6.45, 7) is 4.76. The molecule has 1 aliphatic rings. The van der Waals surface area contributed by atoms with Crippen LogP contribution in [0.25, 0.3) is 87.6 Å². The lowest BCUT2D eigenvalue weighted by atomic mass is 9.80. The molecule has 0 atom stereocenters. The lowest BCUT2D eigenvalue weighted by Gasteiger charge is -2.23. The summed E-state index contributed by atoms with van der Waals surface area (Å²) in [7, 11) is 0. The van der Waals surface area contributed by atoms with E-state index in [1.807, 2.05) is 0 Å². The number of rotatable bonds is 3. The second-order valence-electron chi connectivity index (χ2n) is 14.1. The Kier molecular flexibility index (Phi) is 6.02. The third-order valence-corrected chi connectivity index (χ3v) is 11.1. The van der Waals surface area contributed by atoms with Gasteiger partial charge in [0.2, 0.25) is 0 Å². The Bertz CT molecular complexity index is 2770. The fourth-order valence-electron chi connectivity index (χ4n) is 8.50. The van der Waals surface area contributed by atoms with Crippen molar-refractivity contribution in [1.82, 2.24) is 0 Å². The van der Waals surface area contributed by atoms with E-state index < -0.39 is 0 Å². The lowest BCUT2D eigenvalue weighted by Crippen LogP contribution is -2.15. The van der Waals surface area contributed by atoms with Gasteiger partial charge < -0.3 is 0 Å². The molecule has 1 aliphatic carbocycles. The van der Waals surface area contributed by atoms with Gasteiger partial charge in [-0.3, -0.25) is 0 Å². The van der Waals surface area contributed by atoms with E-state index >= 15 is 0 Å². The molecule has 0 heterocycles. The highest BCUT2D eigenvalue weighted by molar-refractivity contribution is 6.21. The Hall–Kier alpha value is -5.98. The Balaban J connectivity index is 1.04. The molecule has 0 saturated carbocycles. The fraction of sp³-hybridized carbons (Fsp3) is 0.0612. The van der Waals surface area contributed by atoms with E-state index in [2.05, 4.69) is 184 Å². The maximum atomic E-state index is 2.43. The van der Waals surface area contributed by atoms with E-state index in [0.717, 1.165) is 0 Å². The molecule has 10 rings (SSSR count). The van der Waals surface area contributed by atoms with E-state index in [1.165, 1.54) is 98.7 Å². The third kappa shape index (κ3) is 4.24. The van der Waals surface area contributed by atoms with Crippen molar-refractivity contribution in [3.05, 3.63) is 181 Å². The summed E-state index contributed by atoms with van der Waals surface area (Å²) in [5.74, 6) is 0. The van der Waals surface area contributed by atoms with Crippen LogP contribution in [0.5, 0.6) is 0 Å². The zero-order valence-corrected chi connectivity index (χ0v) is 27.7. The maximum absolute atomic E-state index is 2.43. The molecule has 230 valence electrons. The minimum atomic E-state index is -0.103. The van der Waals surface area contributed by atoms with Crippen molar-refractivity contribution in [2.45, 2.75) is 19.3 Å². The number of hydrogen-bond donors (Lipinski definition) is 0. The molecule has 0 aromatic heterocycles. The molecule has 0 fully saturated rings. The average molecular weight is 623 g/mol. The van der Waals surface area contributed by atoms with Gasteiger partial charge in [0.25, 0.3) is 0 Å². The van der Waals surface area contributed by atoms with Gasteiger partial charge in [-0.25, -0.2) is 0 Å². The summed E-state index contributed by atoms with van der Waals surface area (Å²) in [5.41, 5.74) is 13.0. The monoisotopic (exact) mass is 622 g/mol. The van der Waals surface area contributed by atoms with E-state index in [9.17, 15) is 0 Å². The molecule has 9 aromatic carbocycles. The van der Waals surface area contributed by atoms with Gasteiger partial charge in [0.05, 0.1) is 0 Å². The van der Waals surface area contributed by atoms with Crippen molar-refractivity contribution in [2.24, 2.45) is 0 Å². The van der Waals surface area contributed by atoms with Gasteiger partial charge in [-0.15, -0.1) is 0 Å². The predicted molar refractivity (Wildman–Crippen MR) is 210 cm³/mol. The first-order valence-corrected chi connectivity index (χ1v) is 17.3. The molecule has 0 radical (unpaired) electrons. The van der Waals surface area contributed by atoms with Crippen LogP contribution in [0.3, 0.4) is 0 Å². The lowest BCUT2D eigenvalue weighted by molar-refractivity contribution is 0.661. The fourth-order valence-corrected chi connectivity index (χ4v) is 8.50. The van der Waals surface area contributed by atoms with Crippen LogP contribution in [0.15, 0.2) is 170 Å². The van der Waals surface area contributed by atoms with Crippen molar-refractivity contribution in [2.75, 3.05) is 0 Å². The molecule has 0 bridgehead atoms. The highest BCUT2D eigenvalue weighted by Gasteiger charge is 2.36. The number of fused-ring (bicyclic) bond motifs is 9. The SMILES string of the molecule is CC1(C)c2cc(-c3ccc(-c4cc5c6ccccc6ccc5c5ccccc45)cc3)ccc2-c2ccc(-c3cccc4ccccc34)cc21. The average Bonchev–Trinajstić information content (AvgIpc) is 3.39. The van der Waals surface area contributed by atoms with Gasteiger partial charge in [0, 0.05) is 5.41 Å². The van der Waals surface area contributed by atoms with Gasteiger partial charge in [0.15, 0.2) is 0 Å². The Morgan fingerprint density at radius 2 is 0.816 bits per heavy atom. The molecule has 0 aliphatic heterocycles. The van der Waals surface area contributed by atoms with Crippen LogP contribution in [-0.4, -0.2) is 0 Å². The highest BCUT2D eigenvalue weighted by atomic mass is 14.4. The summed E-state index contributed by atoms with van der Waals surface area (Å²) < 4.78 is 0. The Morgan fingerprint density at radius 3 is 1.57 bits per heavy atom. The summed E-state index contributed by atoms with van der Waals surface area (Å²) in [5, 5.41) is 10.4. The molecule has 0 spiro atoms. The van der Waals surface area contributed by atoms with Gasteiger partial charge >= 0.3 is 0 Å². The molecule has 0 heteroatoms. The van der Waals surface area contributed by atoms with E-state index in [-0.39, 0.29) is 5.41 Å². The molecule has 49 heavy (non-hydrogen) atoms. The normalized spacial score (nSPS) is 13.3. The first-order chi connectivity index (χ1) is 24.0. The van der Waals surface area contributed by atoms with Crippen molar-refractivity contribution in [3.63, 3.8) is 0 Å². The van der Waals surface area contributed by atoms with Crippen LogP contribution in [0.1, 0.15) is 25.0 Å². The predicted octanol–water partition coefficient (Wildman–Crippen LogP) is 13.6. The number of hydrogen-bond acceptors (Lipinski definition) is 0. The van der Waals surface area contributed by atoms with Crippen molar-refractivity contribution < 1.29 is 0 Å². The van der Waals surface area contributed by atoms with Crippen molar-refractivity contribution in [3.8, 4) is 44.5 Å². The van der Waals surface area contributed by atoms with Gasteiger partial charge in [-0.05, 0) is 117 Å². The van der Waals surface area contributed by atoms with E-state index in [1.54, 1.807) is 0 Å². The minimum absolute atomic E-state index is 0.103. The molecule has 0 saturated heterocycles. The molecular weight excluding hydrogens is 589 g/mol. The van der Waals surface area contributed by atoms with Crippen molar-refractivity contribution >= 4 is 43.1 Å². The van der Waals surface area contributed by atoms with Gasteiger partial charge in [-0.2, -0.15) is 0 Å². The third-order valence-electron chi connectivity index (χ3n) is 11.1. The van der Waals surface area contributed by atoms with Crippen LogP contribution in [0.2, 0.25) is 0 Å². The highest BCUT2D eigenvalue weighted by Crippen LogP contribution is 2.51. The standard InChI is InChI=1S/C49H34/c1-49(2)47-28-35(23-26-43(47)44-27-24-36(29-48(44)49)39-17-9-12-32-10-3-5-13-37(32)39)31-18-20-34(21-19-31)45-30-46-38-14-6-4-11-33(38)22-25-42(46)40-15-7-8-16-41(40)45/h3-30H,1-2H3. The Labute approximate surface area is 286 Å². The summed E-state index contributed by atoms with van der Waals surface area (Å²) in [4.78, 5) is 0. The first kappa shape index (κ1) is 28.1. The molecule has 0 nitrogen and oxygen atoms in total. The largest absolute Gasteiger partial charge is 0.0616 e. The van der Waals surface area contributed by atoms with Crippen LogP contribution in [0.4, 0.5) is 0 Å². The van der Waals surface area contributed by atoms with Gasteiger partial charge in [-0.1, -0.05) is 166 Å². The van der Waals surface area contributed by atoms with E-state index in [0.29, 0.717) is 0 Å². The van der Waals surface area contributed by atoms with Crippen LogP contribution in [-0.2, 0) is 5.41 Å². The van der Waals surface area contributed by atoms with Crippen LogP contribution < -0.4 is 0 Å². The van der Waals surface area contributed by atoms with Crippen molar-refractivity contribution in [1.29, 1.82) is 0 Å². The summed E-state index contributed by atoms with van der Waals surface area (Å²) in [6, 6.07) is 63.2. The molecule has 9 aromatic rings. The molecule has 0 N–H and O–H groups in total. The second-order valence-corrected chi connectivity index (χ2v) is 14.1. The van der Waals surface area contributed by atoms with Gasteiger partial charge in [0.1, 0.15) is 0 Å². The first-order valence-electron chi connectivity index (χ1n) is 17.3. The number of benzene rings is 9. The molecule has 0 amide bonds. The second kappa shape index (κ2) is 10.5. The molecule has 0 unspecified atom stereocenters. The van der Waals surface area contributed by atoms with Crippen LogP contribution >= 0.6 is 0 Å². The zero-order chi connectivity index (χ0) is 32.7. The smallest absolute Gasteiger partial charge is 0.0159 e. The van der Waals surface area contributed by atoms with Crippen LogP contribution in [0, 0.1) is 0 Å². The molecular formula is C49H34. The maximum Gasteiger partial charge on any atom is 0.0159 e. The summed E-state index contributed by atoms with van der Waals surface area (Å²) >= 11 is 0. The zero-order valence-electron chi connectivity index (χ0n) is 27.7. The van der Waals surface area contributed by atoms with E-state index in [4.69, 9.17) is 0 Å². The Morgan fingerprint density at radius 1 is 0.286 bits per heavy atom. The minimum Gasteiger partial charge on any atom is -0.0616 e. The topological polar surface area (TPSA) is 0 Å². The summed E-state index contributed by atoms with van der Waals surface area (Å²) in [6.07, 6.45) is 0.